The van der Waals surface area contributed by atoms with Crippen molar-refractivity contribution in [2.45, 2.75) is 0 Å². The molecule has 0 spiro atoms. The van der Waals surface area contributed by atoms with Crippen molar-refractivity contribution in [3.63, 3.8) is 0 Å². The summed E-state index contributed by atoms with van der Waals surface area (Å²) in [5.41, 5.74) is 13.5. The number of hydrogen-bond acceptors (Lipinski definition) is 4. The van der Waals surface area contributed by atoms with E-state index in [1.165, 1.54) is 6.20 Å². The zero-order valence-electron chi connectivity index (χ0n) is 6.66. The SMILES string of the molecule is Nc1ccc2ncc(Cl)nc2c1N. The van der Waals surface area contributed by atoms with Crippen LogP contribution in [0.2, 0.25) is 5.15 Å². The number of halogens is 1. The van der Waals surface area contributed by atoms with Crippen LogP contribution in [0.1, 0.15) is 0 Å². The Morgan fingerprint density at radius 1 is 1.23 bits per heavy atom. The largest absolute Gasteiger partial charge is 0.397 e. The molecule has 4 N–H and O–H groups in total. The maximum atomic E-state index is 5.70. The average Bonchev–Trinajstić information content (AvgIpc) is 2.12. The predicted molar refractivity (Wildman–Crippen MR) is 53.4 cm³/mol. The first-order valence-corrected chi connectivity index (χ1v) is 4.02. The Bertz CT molecular complexity index is 464. The molecule has 66 valence electrons. The minimum Gasteiger partial charge on any atom is -0.397 e. The van der Waals surface area contributed by atoms with Gasteiger partial charge in [-0.2, -0.15) is 0 Å². The highest BCUT2D eigenvalue weighted by molar-refractivity contribution is 6.29. The molecule has 0 aliphatic heterocycles. The van der Waals surface area contributed by atoms with Crippen LogP contribution in [0, 0.1) is 0 Å². The van der Waals surface area contributed by atoms with Gasteiger partial charge in [-0.25, -0.2) is 4.98 Å². The van der Waals surface area contributed by atoms with Gasteiger partial charge in [0.05, 0.1) is 23.1 Å². The van der Waals surface area contributed by atoms with Crippen molar-refractivity contribution < 1.29 is 0 Å². The topological polar surface area (TPSA) is 77.8 Å². The van der Waals surface area contributed by atoms with Crippen LogP contribution in [0.25, 0.3) is 11.0 Å². The summed E-state index contributed by atoms with van der Waals surface area (Å²) >= 11 is 5.67. The fourth-order valence-corrected chi connectivity index (χ4v) is 1.23. The molecule has 4 nitrogen and oxygen atoms in total. The Morgan fingerprint density at radius 2 is 2.00 bits per heavy atom. The molecular weight excluding hydrogens is 188 g/mol. The highest BCUT2D eigenvalue weighted by Crippen LogP contribution is 2.24. The van der Waals surface area contributed by atoms with Gasteiger partial charge in [0.1, 0.15) is 10.7 Å². The molecule has 5 heteroatoms. The van der Waals surface area contributed by atoms with Gasteiger partial charge in [0.25, 0.3) is 0 Å². The van der Waals surface area contributed by atoms with E-state index < -0.39 is 0 Å². The minimum absolute atomic E-state index is 0.310. The van der Waals surface area contributed by atoms with E-state index in [-0.39, 0.29) is 0 Å². The number of fused-ring (bicyclic) bond motifs is 1. The van der Waals surface area contributed by atoms with Gasteiger partial charge in [0, 0.05) is 0 Å². The number of benzene rings is 1. The van der Waals surface area contributed by atoms with Crippen molar-refractivity contribution in [2.24, 2.45) is 0 Å². The first kappa shape index (κ1) is 8.07. The van der Waals surface area contributed by atoms with Crippen molar-refractivity contribution in [1.82, 2.24) is 9.97 Å². The Morgan fingerprint density at radius 3 is 2.77 bits per heavy atom. The number of aromatic nitrogens is 2. The van der Waals surface area contributed by atoms with Gasteiger partial charge in [0.15, 0.2) is 0 Å². The first-order valence-electron chi connectivity index (χ1n) is 3.64. The molecule has 0 atom stereocenters. The molecule has 13 heavy (non-hydrogen) atoms. The molecule has 0 fully saturated rings. The van der Waals surface area contributed by atoms with Crippen LogP contribution >= 0.6 is 11.6 Å². The molecule has 0 unspecified atom stereocenters. The zero-order valence-corrected chi connectivity index (χ0v) is 7.42. The first-order chi connectivity index (χ1) is 6.18. The molecule has 0 aliphatic carbocycles. The van der Waals surface area contributed by atoms with E-state index in [2.05, 4.69) is 9.97 Å². The third-order valence-electron chi connectivity index (χ3n) is 1.76. The number of nitrogens with zero attached hydrogens (tertiary/aromatic N) is 2. The van der Waals surface area contributed by atoms with Crippen molar-refractivity contribution in [3.8, 4) is 0 Å². The highest BCUT2D eigenvalue weighted by Gasteiger charge is 2.04. The Balaban J connectivity index is 2.89. The van der Waals surface area contributed by atoms with Crippen molar-refractivity contribution >= 4 is 34.0 Å². The lowest BCUT2D eigenvalue weighted by Crippen LogP contribution is -1.97. The molecule has 0 saturated heterocycles. The maximum absolute atomic E-state index is 5.70. The second-order valence-electron chi connectivity index (χ2n) is 2.63. The van der Waals surface area contributed by atoms with Crippen LogP contribution in [0.15, 0.2) is 18.3 Å². The normalized spacial score (nSPS) is 10.5. The van der Waals surface area contributed by atoms with Gasteiger partial charge in [-0.3, -0.25) is 4.98 Å². The van der Waals surface area contributed by atoms with Gasteiger partial charge in [0.2, 0.25) is 0 Å². The smallest absolute Gasteiger partial charge is 0.148 e. The molecule has 2 aromatic rings. The predicted octanol–water partition coefficient (Wildman–Crippen LogP) is 1.45. The molecule has 1 aromatic carbocycles. The second-order valence-corrected chi connectivity index (χ2v) is 3.02. The number of rotatable bonds is 0. The molecule has 0 bridgehead atoms. The highest BCUT2D eigenvalue weighted by atomic mass is 35.5. The van der Waals surface area contributed by atoms with E-state index in [0.717, 1.165) is 0 Å². The summed E-state index contributed by atoms with van der Waals surface area (Å²) in [5, 5.41) is 0.310. The molecule has 0 saturated carbocycles. The molecular formula is C8H7ClN4. The Hall–Kier alpha value is -1.55. The Labute approximate surface area is 79.5 Å². The van der Waals surface area contributed by atoms with Crippen LogP contribution in [0.3, 0.4) is 0 Å². The number of nitrogens with two attached hydrogens (primary N) is 2. The zero-order chi connectivity index (χ0) is 9.42. The summed E-state index contributed by atoms with van der Waals surface area (Å²) in [6.45, 7) is 0. The quantitative estimate of drug-likeness (QED) is 0.623. The molecule has 2 rings (SSSR count). The lowest BCUT2D eigenvalue weighted by Gasteiger charge is -2.03. The van der Waals surface area contributed by atoms with Crippen molar-refractivity contribution in [2.75, 3.05) is 11.5 Å². The van der Waals surface area contributed by atoms with Crippen molar-refractivity contribution in [3.05, 3.63) is 23.5 Å². The van der Waals surface area contributed by atoms with E-state index in [4.69, 9.17) is 23.1 Å². The van der Waals surface area contributed by atoms with E-state index in [1.807, 2.05) is 0 Å². The third-order valence-corrected chi connectivity index (χ3v) is 1.94. The summed E-state index contributed by atoms with van der Waals surface area (Å²) < 4.78 is 0. The van der Waals surface area contributed by atoms with E-state index in [9.17, 15) is 0 Å². The molecule has 1 aromatic heterocycles. The van der Waals surface area contributed by atoms with Gasteiger partial charge in [-0.05, 0) is 12.1 Å². The molecule has 0 aliphatic rings. The minimum atomic E-state index is 0.310. The Kier molecular flexibility index (Phi) is 1.70. The van der Waals surface area contributed by atoms with E-state index >= 15 is 0 Å². The fraction of sp³-hybridized carbons (Fsp3) is 0. The van der Waals surface area contributed by atoms with Crippen LogP contribution in [0.5, 0.6) is 0 Å². The van der Waals surface area contributed by atoms with Crippen LogP contribution in [-0.4, -0.2) is 9.97 Å². The number of anilines is 2. The van der Waals surface area contributed by atoms with Gasteiger partial charge >= 0.3 is 0 Å². The van der Waals surface area contributed by atoms with Crippen LogP contribution in [0.4, 0.5) is 11.4 Å². The summed E-state index contributed by atoms with van der Waals surface area (Å²) in [7, 11) is 0. The van der Waals surface area contributed by atoms with Crippen molar-refractivity contribution in [1.29, 1.82) is 0 Å². The summed E-state index contributed by atoms with van der Waals surface area (Å²) in [6, 6.07) is 3.45. The fourth-order valence-electron chi connectivity index (χ4n) is 1.09. The van der Waals surface area contributed by atoms with Crippen LogP contribution < -0.4 is 11.5 Å². The standard InChI is InChI=1S/C8H7ClN4/c9-6-3-12-5-2-1-4(10)7(11)8(5)13-6/h1-3H,10-11H2. The molecule has 1 heterocycles. The lowest BCUT2D eigenvalue weighted by molar-refractivity contribution is 1.30. The van der Waals surface area contributed by atoms with E-state index in [1.54, 1.807) is 12.1 Å². The van der Waals surface area contributed by atoms with Crippen LogP contribution in [-0.2, 0) is 0 Å². The summed E-state index contributed by atoms with van der Waals surface area (Å²) in [6.07, 6.45) is 1.47. The molecule has 0 amide bonds. The second kappa shape index (κ2) is 2.74. The van der Waals surface area contributed by atoms with Gasteiger partial charge in [-0.15, -0.1) is 0 Å². The number of nitrogen functional groups attached to an aromatic ring is 2. The van der Waals surface area contributed by atoms with Gasteiger partial charge in [-0.1, -0.05) is 11.6 Å². The lowest BCUT2D eigenvalue weighted by atomic mass is 10.2. The maximum Gasteiger partial charge on any atom is 0.148 e. The monoisotopic (exact) mass is 194 g/mol. The third kappa shape index (κ3) is 1.25. The summed E-state index contributed by atoms with van der Waals surface area (Å²) in [4.78, 5) is 8.09. The van der Waals surface area contributed by atoms with Gasteiger partial charge < -0.3 is 11.5 Å². The molecule has 0 radical (unpaired) electrons. The van der Waals surface area contributed by atoms with E-state index in [0.29, 0.717) is 27.6 Å². The summed E-state index contributed by atoms with van der Waals surface area (Å²) in [5.74, 6) is 0. The number of hydrogen-bond donors (Lipinski definition) is 2. The average molecular weight is 195 g/mol.